The highest BCUT2D eigenvalue weighted by Crippen LogP contribution is 2.24. The van der Waals surface area contributed by atoms with Gasteiger partial charge in [0.15, 0.2) is 5.96 Å². The monoisotopic (exact) mass is 313 g/mol. The number of benzene rings is 1. The largest absolute Gasteiger partial charge is 0.487 e. The first kappa shape index (κ1) is 17.6. The van der Waals surface area contributed by atoms with Crippen LogP contribution in [0.3, 0.4) is 0 Å². The summed E-state index contributed by atoms with van der Waals surface area (Å²) < 4.78 is 10.9. The van der Waals surface area contributed by atoms with Crippen LogP contribution in [0.5, 0.6) is 5.75 Å². The van der Waals surface area contributed by atoms with E-state index in [4.69, 9.17) is 26.8 Å². The molecule has 0 saturated heterocycles. The number of nitrogens with one attached hydrogen (secondary N) is 1. The molecule has 2 atom stereocenters. The van der Waals surface area contributed by atoms with E-state index in [1.165, 1.54) is 0 Å². The highest BCUT2D eigenvalue weighted by molar-refractivity contribution is 6.32. The lowest BCUT2D eigenvalue weighted by Crippen LogP contribution is -2.41. The van der Waals surface area contributed by atoms with E-state index in [1.54, 1.807) is 13.2 Å². The van der Waals surface area contributed by atoms with Gasteiger partial charge in [0, 0.05) is 13.2 Å². The lowest BCUT2D eigenvalue weighted by Gasteiger charge is -2.18. The number of hydrogen-bond acceptors (Lipinski definition) is 3. The first-order valence-corrected chi connectivity index (χ1v) is 7.41. The molecular weight excluding hydrogens is 290 g/mol. The first-order valence-electron chi connectivity index (χ1n) is 7.03. The minimum atomic E-state index is -0.0667. The predicted octanol–water partition coefficient (Wildman–Crippen LogP) is 2.44. The number of hydrogen-bond donors (Lipinski definition) is 2. The van der Waals surface area contributed by atoms with Gasteiger partial charge in [0.05, 0.1) is 18.2 Å². The Morgan fingerprint density at radius 2 is 2.14 bits per heavy atom. The number of guanidine groups is 1. The lowest BCUT2D eigenvalue weighted by atomic mass is 10.2. The summed E-state index contributed by atoms with van der Waals surface area (Å²) in [6.45, 7) is 5.06. The topological polar surface area (TPSA) is 68.9 Å². The van der Waals surface area contributed by atoms with Crippen molar-refractivity contribution in [2.75, 3.05) is 20.3 Å². The van der Waals surface area contributed by atoms with E-state index in [-0.39, 0.29) is 12.1 Å². The maximum atomic E-state index is 6.08. The molecule has 6 heteroatoms. The van der Waals surface area contributed by atoms with Crippen LogP contribution in [0.2, 0.25) is 5.02 Å². The van der Waals surface area contributed by atoms with Gasteiger partial charge in [-0.05, 0) is 25.5 Å². The van der Waals surface area contributed by atoms with Crippen LogP contribution >= 0.6 is 11.6 Å². The van der Waals surface area contributed by atoms with Crippen molar-refractivity contribution in [3.63, 3.8) is 0 Å². The number of methoxy groups -OCH3 is 1. The number of nitrogens with two attached hydrogens (primary N) is 1. The molecule has 0 bridgehead atoms. The van der Waals surface area contributed by atoms with Crippen LogP contribution in [0.25, 0.3) is 0 Å². The van der Waals surface area contributed by atoms with E-state index in [2.05, 4.69) is 10.3 Å². The normalized spacial score (nSPS) is 14.6. The van der Waals surface area contributed by atoms with Gasteiger partial charge in [-0.1, -0.05) is 30.7 Å². The summed E-state index contributed by atoms with van der Waals surface area (Å²) in [5, 5.41) is 3.65. The molecule has 0 heterocycles. The second kappa shape index (κ2) is 9.47. The SMILES string of the molecule is CCC(CN=C(N)NC(C)COC)Oc1ccccc1Cl. The zero-order valence-corrected chi connectivity index (χ0v) is 13.6. The molecule has 118 valence electrons. The van der Waals surface area contributed by atoms with Crippen molar-refractivity contribution in [2.24, 2.45) is 10.7 Å². The maximum Gasteiger partial charge on any atom is 0.189 e. The second-order valence-corrected chi connectivity index (χ2v) is 5.21. The minimum absolute atomic E-state index is 0.0667. The van der Waals surface area contributed by atoms with Crippen LogP contribution in [0, 0.1) is 0 Å². The Hall–Kier alpha value is -1.46. The Bertz CT molecular complexity index is 454. The Morgan fingerprint density at radius 3 is 2.76 bits per heavy atom. The van der Waals surface area contributed by atoms with Crippen molar-refractivity contribution >= 4 is 17.6 Å². The summed E-state index contributed by atoms with van der Waals surface area (Å²) in [5.74, 6) is 1.06. The number of aliphatic imine (C=N–C) groups is 1. The zero-order valence-electron chi connectivity index (χ0n) is 12.8. The average Bonchev–Trinajstić information content (AvgIpc) is 2.45. The second-order valence-electron chi connectivity index (χ2n) is 4.81. The van der Waals surface area contributed by atoms with Gasteiger partial charge in [-0.25, -0.2) is 4.99 Å². The average molecular weight is 314 g/mol. The molecule has 2 unspecified atom stereocenters. The Balaban J connectivity index is 2.52. The third-order valence-corrected chi connectivity index (χ3v) is 3.17. The van der Waals surface area contributed by atoms with E-state index < -0.39 is 0 Å². The first-order chi connectivity index (χ1) is 10.1. The summed E-state index contributed by atoms with van der Waals surface area (Å²) in [5.41, 5.74) is 5.83. The molecular formula is C15H24ClN3O2. The molecule has 0 aliphatic carbocycles. The van der Waals surface area contributed by atoms with Crippen molar-refractivity contribution < 1.29 is 9.47 Å². The summed E-state index contributed by atoms with van der Waals surface area (Å²) in [7, 11) is 1.65. The van der Waals surface area contributed by atoms with Crippen LogP contribution in [0.15, 0.2) is 29.3 Å². The Morgan fingerprint density at radius 1 is 1.43 bits per heavy atom. The van der Waals surface area contributed by atoms with E-state index in [0.29, 0.717) is 29.9 Å². The van der Waals surface area contributed by atoms with Gasteiger partial charge in [0.2, 0.25) is 0 Å². The fourth-order valence-corrected chi connectivity index (χ4v) is 1.94. The summed E-state index contributed by atoms with van der Waals surface area (Å²) in [4.78, 5) is 4.30. The third kappa shape index (κ3) is 6.69. The van der Waals surface area contributed by atoms with Gasteiger partial charge < -0.3 is 20.5 Å². The van der Waals surface area contributed by atoms with Crippen molar-refractivity contribution in [2.45, 2.75) is 32.4 Å². The van der Waals surface area contributed by atoms with Crippen molar-refractivity contribution in [3.05, 3.63) is 29.3 Å². The smallest absolute Gasteiger partial charge is 0.189 e. The van der Waals surface area contributed by atoms with Gasteiger partial charge in [0.25, 0.3) is 0 Å². The molecule has 0 radical (unpaired) electrons. The van der Waals surface area contributed by atoms with Crippen molar-refractivity contribution in [1.29, 1.82) is 0 Å². The Labute approximate surface area is 131 Å². The van der Waals surface area contributed by atoms with Gasteiger partial charge in [-0.15, -0.1) is 0 Å². The molecule has 1 aromatic carbocycles. The molecule has 5 nitrogen and oxygen atoms in total. The van der Waals surface area contributed by atoms with Crippen LogP contribution in [0.1, 0.15) is 20.3 Å². The minimum Gasteiger partial charge on any atom is -0.487 e. The quantitative estimate of drug-likeness (QED) is 0.571. The van der Waals surface area contributed by atoms with Gasteiger partial charge in [-0.3, -0.25) is 0 Å². The highest BCUT2D eigenvalue weighted by atomic mass is 35.5. The number of halogens is 1. The van der Waals surface area contributed by atoms with Crippen LogP contribution in [0.4, 0.5) is 0 Å². The molecule has 0 saturated carbocycles. The van der Waals surface area contributed by atoms with Crippen molar-refractivity contribution in [3.8, 4) is 5.75 Å². The summed E-state index contributed by atoms with van der Waals surface area (Å²) in [6, 6.07) is 7.52. The fourth-order valence-electron chi connectivity index (χ4n) is 1.76. The number of rotatable bonds is 8. The molecule has 0 spiro atoms. The molecule has 0 amide bonds. The number of para-hydroxylation sites is 1. The molecule has 1 aromatic rings. The zero-order chi connectivity index (χ0) is 15.7. The van der Waals surface area contributed by atoms with Crippen LogP contribution < -0.4 is 15.8 Å². The molecule has 0 aromatic heterocycles. The lowest BCUT2D eigenvalue weighted by molar-refractivity contribution is 0.179. The van der Waals surface area contributed by atoms with Gasteiger partial charge in [0.1, 0.15) is 11.9 Å². The Kier molecular flexibility index (Phi) is 7.93. The molecule has 21 heavy (non-hydrogen) atoms. The van der Waals surface area contributed by atoms with Crippen LogP contribution in [-0.2, 0) is 4.74 Å². The van der Waals surface area contributed by atoms with E-state index in [1.807, 2.05) is 32.0 Å². The molecule has 1 rings (SSSR count). The summed E-state index contributed by atoms with van der Waals surface area (Å²) in [6.07, 6.45) is 0.748. The molecule has 3 N–H and O–H groups in total. The molecule has 0 fully saturated rings. The van der Waals surface area contributed by atoms with E-state index in [0.717, 1.165) is 6.42 Å². The van der Waals surface area contributed by atoms with Crippen molar-refractivity contribution in [1.82, 2.24) is 5.32 Å². The number of ether oxygens (including phenoxy) is 2. The standard InChI is InChI=1S/C15H24ClN3O2/c1-4-12(21-14-8-6-5-7-13(14)16)9-18-15(17)19-11(2)10-20-3/h5-8,11-12H,4,9-10H2,1-3H3,(H3,17,18,19). The molecule has 0 aliphatic rings. The van der Waals surface area contributed by atoms with E-state index >= 15 is 0 Å². The molecule has 0 aliphatic heterocycles. The van der Waals surface area contributed by atoms with Gasteiger partial charge >= 0.3 is 0 Å². The highest BCUT2D eigenvalue weighted by Gasteiger charge is 2.10. The number of nitrogens with zero attached hydrogens (tertiary/aromatic N) is 1. The van der Waals surface area contributed by atoms with E-state index in [9.17, 15) is 0 Å². The maximum absolute atomic E-state index is 6.08. The third-order valence-electron chi connectivity index (χ3n) is 2.86. The fraction of sp³-hybridized carbons (Fsp3) is 0.533. The summed E-state index contributed by atoms with van der Waals surface area (Å²) >= 11 is 6.08. The predicted molar refractivity (Wildman–Crippen MR) is 87.1 cm³/mol. The van der Waals surface area contributed by atoms with Crippen LogP contribution in [-0.4, -0.2) is 38.4 Å². The van der Waals surface area contributed by atoms with Gasteiger partial charge in [-0.2, -0.15) is 0 Å².